The summed E-state index contributed by atoms with van der Waals surface area (Å²) >= 11 is 0. The molecule has 12 rings (SSSR count). The highest BCUT2D eigenvalue weighted by Crippen LogP contribution is 2.42. The summed E-state index contributed by atoms with van der Waals surface area (Å²) in [5.41, 5.74) is 10.5. The lowest BCUT2D eigenvalue weighted by molar-refractivity contribution is 0.669. The Morgan fingerprint density at radius 2 is 0.887 bits per heavy atom. The lowest BCUT2D eigenvalue weighted by Crippen LogP contribution is -2.09. The van der Waals surface area contributed by atoms with Crippen LogP contribution in [0.25, 0.3) is 99.8 Å². The predicted octanol–water partition coefficient (Wildman–Crippen LogP) is 14.8. The van der Waals surface area contributed by atoms with E-state index in [0.29, 0.717) is 17.5 Å². The molecular formula is C56H35N5O. The number of para-hydroxylation sites is 2. The van der Waals surface area contributed by atoms with Gasteiger partial charge in [0.15, 0.2) is 17.5 Å². The van der Waals surface area contributed by atoms with Gasteiger partial charge >= 0.3 is 0 Å². The number of nitrogens with zero attached hydrogens (tertiary/aromatic N) is 5. The second-order valence-electron chi connectivity index (χ2n) is 15.4. The molecule has 0 radical (unpaired) electrons. The van der Waals surface area contributed by atoms with Gasteiger partial charge in [0.2, 0.25) is 0 Å². The predicted molar refractivity (Wildman–Crippen MR) is 254 cm³/mol. The Labute approximate surface area is 357 Å². The van der Waals surface area contributed by atoms with Gasteiger partial charge in [-0.15, -0.1) is 0 Å². The maximum Gasteiger partial charge on any atom is 0.164 e. The minimum atomic E-state index is 0.607. The van der Waals surface area contributed by atoms with Crippen LogP contribution in [-0.4, -0.2) is 19.9 Å². The molecule has 0 saturated heterocycles. The van der Waals surface area contributed by atoms with Crippen molar-refractivity contribution in [2.24, 2.45) is 0 Å². The van der Waals surface area contributed by atoms with Crippen molar-refractivity contribution in [2.75, 3.05) is 4.90 Å². The lowest BCUT2D eigenvalue weighted by Gasteiger charge is -2.25. The highest BCUT2D eigenvalue weighted by atomic mass is 16.3. The van der Waals surface area contributed by atoms with Crippen molar-refractivity contribution in [3.05, 3.63) is 212 Å². The van der Waals surface area contributed by atoms with Crippen LogP contribution in [0, 0.1) is 0 Å². The standard InChI is InChI=1S/C56H35N5O/c1-4-15-38(16-5-1)54-58-55(39-17-6-2-7-18-39)60-56(59-54)40-27-32-49-48(34-40)52-44-21-11-10-14-36(44)26-31-46(52)53(57-49)37-24-28-42(29-25-37)61(41-19-8-3-9-20-41)43-30-33-51-47(35-43)45-22-12-13-23-50(45)62-51/h1-35H. The maximum absolute atomic E-state index is 6.19. The quantitative estimate of drug-likeness (QED) is 0.150. The van der Waals surface area contributed by atoms with Gasteiger partial charge in [-0.1, -0.05) is 146 Å². The molecular weight excluding hydrogens is 759 g/mol. The first-order chi connectivity index (χ1) is 30.7. The van der Waals surface area contributed by atoms with Gasteiger partial charge in [0, 0.05) is 66.2 Å². The third kappa shape index (κ3) is 6.13. The Kier molecular flexibility index (Phi) is 8.38. The summed E-state index contributed by atoms with van der Waals surface area (Å²) in [7, 11) is 0. The summed E-state index contributed by atoms with van der Waals surface area (Å²) < 4.78 is 6.19. The first-order valence-electron chi connectivity index (χ1n) is 20.7. The second-order valence-corrected chi connectivity index (χ2v) is 15.4. The number of pyridine rings is 1. The van der Waals surface area contributed by atoms with E-state index < -0.39 is 0 Å². The van der Waals surface area contributed by atoms with Gasteiger partial charge in [0.05, 0.1) is 11.2 Å². The molecule has 0 amide bonds. The number of furan rings is 1. The molecule has 0 bridgehead atoms. The molecule has 6 nitrogen and oxygen atoms in total. The first kappa shape index (κ1) is 35.5. The van der Waals surface area contributed by atoms with Crippen LogP contribution in [-0.2, 0) is 0 Å². The highest BCUT2D eigenvalue weighted by Gasteiger charge is 2.19. The zero-order valence-electron chi connectivity index (χ0n) is 33.4. The van der Waals surface area contributed by atoms with Crippen LogP contribution in [0.2, 0.25) is 0 Å². The van der Waals surface area contributed by atoms with Crippen LogP contribution in [0.3, 0.4) is 0 Å². The van der Waals surface area contributed by atoms with Crippen molar-refractivity contribution in [1.29, 1.82) is 0 Å². The smallest absolute Gasteiger partial charge is 0.164 e. The van der Waals surface area contributed by atoms with Gasteiger partial charge in [-0.25, -0.2) is 19.9 Å². The number of rotatable bonds is 7. The number of hydrogen-bond acceptors (Lipinski definition) is 6. The van der Waals surface area contributed by atoms with Crippen molar-refractivity contribution >= 4 is 71.4 Å². The van der Waals surface area contributed by atoms with Crippen molar-refractivity contribution in [3.63, 3.8) is 0 Å². The molecule has 62 heavy (non-hydrogen) atoms. The van der Waals surface area contributed by atoms with Crippen LogP contribution in [0.5, 0.6) is 0 Å². The van der Waals surface area contributed by atoms with E-state index in [4.69, 9.17) is 24.4 Å². The molecule has 3 heterocycles. The zero-order valence-corrected chi connectivity index (χ0v) is 33.4. The fraction of sp³-hybridized carbons (Fsp3) is 0. The van der Waals surface area contributed by atoms with Crippen molar-refractivity contribution in [2.45, 2.75) is 0 Å². The Morgan fingerprint density at radius 3 is 1.61 bits per heavy atom. The Morgan fingerprint density at radius 1 is 0.323 bits per heavy atom. The summed E-state index contributed by atoms with van der Waals surface area (Å²) in [6.45, 7) is 0. The Hall–Kier alpha value is -8.48. The van der Waals surface area contributed by atoms with Crippen LogP contribution in [0.1, 0.15) is 0 Å². The molecule has 0 aliphatic rings. The van der Waals surface area contributed by atoms with Crippen molar-refractivity contribution < 1.29 is 4.42 Å². The number of benzene rings is 9. The van der Waals surface area contributed by atoms with Gasteiger partial charge < -0.3 is 9.32 Å². The Bertz CT molecular complexity index is 3570. The molecule has 290 valence electrons. The molecule has 0 saturated carbocycles. The van der Waals surface area contributed by atoms with E-state index in [-0.39, 0.29) is 0 Å². The van der Waals surface area contributed by atoms with Gasteiger partial charge in [-0.2, -0.15) is 0 Å². The average Bonchev–Trinajstić information content (AvgIpc) is 3.72. The van der Waals surface area contributed by atoms with Gasteiger partial charge in [0.25, 0.3) is 0 Å². The van der Waals surface area contributed by atoms with E-state index in [1.807, 2.05) is 72.8 Å². The third-order valence-electron chi connectivity index (χ3n) is 11.7. The minimum Gasteiger partial charge on any atom is -0.456 e. The molecule has 0 atom stereocenters. The molecule has 9 aromatic carbocycles. The molecule has 0 spiro atoms. The third-order valence-corrected chi connectivity index (χ3v) is 11.7. The second kappa shape index (κ2) is 14.7. The number of anilines is 3. The van der Waals surface area contributed by atoms with Crippen LogP contribution >= 0.6 is 0 Å². The number of aromatic nitrogens is 4. The maximum atomic E-state index is 6.19. The summed E-state index contributed by atoms with van der Waals surface area (Å²) in [6.07, 6.45) is 0. The fourth-order valence-corrected chi connectivity index (χ4v) is 8.72. The SMILES string of the molecule is c1ccc(-c2nc(-c3ccccc3)nc(-c3ccc4nc(-c5ccc(N(c6ccccc6)c6ccc7oc8ccccc8c7c6)cc5)c5ccc6ccccc6c5c4c3)n2)cc1. The van der Waals surface area contributed by atoms with E-state index in [2.05, 4.69) is 144 Å². The average molecular weight is 794 g/mol. The summed E-state index contributed by atoms with van der Waals surface area (Å²) in [5.74, 6) is 1.86. The van der Waals surface area contributed by atoms with E-state index in [0.717, 1.165) is 99.4 Å². The summed E-state index contributed by atoms with van der Waals surface area (Å²) in [4.78, 5) is 22.7. The van der Waals surface area contributed by atoms with Crippen molar-refractivity contribution in [1.82, 2.24) is 19.9 Å². The van der Waals surface area contributed by atoms with E-state index in [1.54, 1.807) is 0 Å². The van der Waals surface area contributed by atoms with Crippen LogP contribution in [0.4, 0.5) is 17.1 Å². The molecule has 0 N–H and O–H groups in total. The fourth-order valence-electron chi connectivity index (χ4n) is 8.72. The highest BCUT2D eigenvalue weighted by molar-refractivity contribution is 6.22. The monoisotopic (exact) mass is 793 g/mol. The van der Waals surface area contributed by atoms with E-state index in [1.165, 1.54) is 0 Å². The van der Waals surface area contributed by atoms with Gasteiger partial charge in [-0.05, 0) is 77.5 Å². The Balaban J connectivity index is 1.01. The topological polar surface area (TPSA) is 67.9 Å². The molecule has 0 fully saturated rings. The molecule has 0 aliphatic heterocycles. The lowest BCUT2D eigenvalue weighted by atomic mass is 9.94. The molecule has 12 aromatic rings. The number of fused-ring (bicyclic) bond motifs is 8. The largest absolute Gasteiger partial charge is 0.456 e. The minimum absolute atomic E-state index is 0.607. The van der Waals surface area contributed by atoms with Gasteiger partial charge in [-0.3, -0.25) is 0 Å². The van der Waals surface area contributed by atoms with E-state index >= 15 is 0 Å². The number of hydrogen-bond donors (Lipinski definition) is 0. The molecule has 3 aromatic heterocycles. The first-order valence-corrected chi connectivity index (χ1v) is 20.7. The van der Waals surface area contributed by atoms with Crippen molar-refractivity contribution in [3.8, 4) is 45.4 Å². The van der Waals surface area contributed by atoms with Crippen LogP contribution < -0.4 is 4.90 Å². The molecule has 0 unspecified atom stereocenters. The van der Waals surface area contributed by atoms with Gasteiger partial charge in [0.1, 0.15) is 11.2 Å². The zero-order chi connectivity index (χ0) is 41.0. The summed E-state index contributed by atoms with van der Waals surface area (Å²) in [6, 6.07) is 73.4. The summed E-state index contributed by atoms with van der Waals surface area (Å²) in [5, 5.41) is 7.76. The molecule has 0 aliphatic carbocycles. The van der Waals surface area contributed by atoms with E-state index in [9.17, 15) is 0 Å². The molecule has 6 heteroatoms. The van der Waals surface area contributed by atoms with Crippen LogP contribution in [0.15, 0.2) is 217 Å². The normalized spacial score (nSPS) is 11.5.